The zero-order valence-electron chi connectivity index (χ0n) is 18.7. The van der Waals surface area contributed by atoms with Crippen LogP contribution < -0.4 is 5.32 Å². The third kappa shape index (κ3) is 6.41. The van der Waals surface area contributed by atoms with E-state index >= 15 is 0 Å². The first-order chi connectivity index (χ1) is 14.4. The minimum atomic E-state index is 0.0444. The van der Waals surface area contributed by atoms with Crippen molar-refractivity contribution in [2.24, 2.45) is 5.92 Å². The summed E-state index contributed by atoms with van der Waals surface area (Å²) in [5.74, 6) is 1.98. The lowest BCUT2D eigenvalue weighted by atomic mass is 10.0. The van der Waals surface area contributed by atoms with Crippen molar-refractivity contribution in [3.05, 3.63) is 41.4 Å². The second-order valence-corrected chi connectivity index (χ2v) is 8.65. The summed E-state index contributed by atoms with van der Waals surface area (Å²) in [6.07, 6.45) is 3.70. The molecule has 0 radical (unpaired) electrons. The number of aromatic nitrogens is 1. The van der Waals surface area contributed by atoms with Crippen LogP contribution in [-0.4, -0.2) is 54.7 Å². The minimum absolute atomic E-state index is 0.0444. The molecule has 2 aromatic rings. The first-order valence-electron chi connectivity index (χ1n) is 11.0. The highest BCUT2D eigenvalue weighted by atomic mass is 16.5. The van der Waals surface area contributed by atoms with Crippen molar-refractivity contribution < 1.29 is 13.9 Å². The van der Waals surface area contributed by atoms with Crippen molar-refractivity contribution in [3.63, 3.8) is 0 Å². The molecule has 0 saturated carbocycles. The molecule has 1 atom stereocenters. The lowest BCUT2D eigenvalue weighted by molar-refractivity contribution is -0.121. The Morgan fingerprint density at radius 3 is 2.67 bits per heavy atom. The molecule has 0 bridgehead atoms. The maximum Gasteiger partial charge on any atom is 0.220 e. The molecule has 1 aromatic heterocycles. The van der Waals surface area contributed by atoms with E-state index in [1.54, 1.807) is 6.20 Å². The van der Waals surface area contributed by atoms with Gasteiger partial charge in [0.2, 0.25) is 5.91 Å². The second kappa shape index (κ2) is 10.7. The SMILES string of the molecule is Cc1ccc(-c2cnc(CCC(=O)NC[C@@H](CC(C)C)N3CCOCC3)o2)cc1C. The van der Waals surface area contributed by atoms with Gasteiger partial charge in [-0.05, 0) is 43.4 Å². The average molecular weight is 414 g/mol. The fourth-order valence-corrected chi connectivity index (χ4v) is 3.84. The smallest absolute Gasteiger partial charge is 0.220 e. The number of carbonyl (C=O) groups is 1. The van der Waals surface area contributed by atoms with Crippen LogP contribution in [0.3, 0.4) is 0 Å². The fourth-order valence-electron chi connectivity index (χ4n) is 3.84. The van der Waals surface area contributed by atoms with E-state index in [9.17, 15) is 4.79 Å². The Kier molecular flexibility index (Phi) is 8.05. The molecule has 3 rings (SSSR count). The monoisotopic (exact) mass is 413 g/mol. The number of nitrogens with one attached hydrogen (secondary N) is 1. The molecular formula is C24H35N3O3. The summed E-state index contributed by atoms with van der Waals surface area (Å²) >= 11 is 0. The zero-order chi connectivity index (χ0) is 21.5. The molecule has 1 saturated heterocycles. The number of morpholine rings is 1. The molecule has 1 aliphatic rings. The van der Waals surface area contributed by atoms with Gasteiger partial charge in [-0.1, -0.05) is 26.0 Å². The van der Waals surface area contributed by atoms with Crippen LogP contribution in [-0.2, 0) is 16.0 Å². The number of hydrogen-bond acceptors (Lipinski definition) is 5. The van der Waals surface area contributed by atoms with Crippen LogP contribution in [0.2, 0.25) is 0 Å². The van der Waals surface area contributed by atoms with E-state index < -0.39 is 0 Å². The lowest BCUT2D eigenvalue weighted by Crippen LogP contribution is -2.49. The van der Waals surface area contributed by atoms with Gasteiger partial charge >= 0.3 is 0 Å². The van der Waals surface area contributed by atoms with Gasteiger partial charge in [-0.2, -0.15) is 0 Å². The van der Waals surface area contributed by atoms with E-state index in [0.717, 1.165) is 44.0 Å². The molecule has 1 N–H and O–H groups in total. The molecule has 1 aromatic carbocycles. The van der Waals surface area contributed by atoms with Gasteiger partial charge in [-0.25, -0.2) is 4.98 Å². The molecule has 6 nitrogen and oxygen atoms in total. The first kappa shape index (κ1) is 22.5. The standard InChI is InChI=1S/C24H35N3O3/c1-17(2)13-21(27-9-11-29-12-10-27)15-25-23(28)7-8-24-26-16-22(30-24)20-6-5-18(3)19(4)14-20/h5-6,14,16-17,21H,7-13,15H2,1-4H3,(H,25,28)/t21-/m1/s1. The van der Waals surface area contributed by atoms with Crippen LogP contribution in [0.5, 0.6) is 0 Å². The summed E-state index contributed by atoms with van der Waals surface area (Å²) in [5, 5.41) is 3.12. The Bertz CT molecular complexity index is 825. The predicted molar refractivity (Wildman–Crippen MR) is 118 cm³/mol. The van der Waals surface area contributed by atoms with Crippen molar-refractivity contribution in [3.8, 4) is 11.3 Å². The number of carbonyl (C=O) groups excluding carboxylic acids is 1. The molecule has 1 amide bonds. The van der Waals surface area contributed by atoms with Gasteiger partial charge in [0.15, 0.2) is 11.7 Å². The van der Waals surface area contributed by atoms with Crippen molar-refractivity contribution >= 4 is 5.91 Å². The summed E-state index contributed by atoms with van der Waals surface area (Å²) in [6, 6.07) is 6.59. The average Bonchev–Trinajstić information content (AvgIpc) is 3.21. The van der Waals surface area contributed by atoms with E-state index in [0.29, 0.717) is 37.2 Å². The number of oxazole rings is 1. The van der Waals surface area contributed by atoms with Crippen LogP contribution >= 0.6 is 0 Å². The molecule has 6 heteroatoms. The Hall–Kier alpha value is -2.18. The molecule has 30 heavy (non-hydrogen) atoms. The highest BCUT2D eigenvalue weighted by Gasteiger charge is 2.22. The van der Waals surface area contributed by atoms with E-state index in [-0.39, 0.29) is 5.91 Å². The van der Waals surface area contributed by atoms with Crippen LogP contribution in [0.1, 0.15) is 43.7 Å². The number of amides is 1. The molecule has 0 unspecified atom stereocenters. The van der Waals surface area contributed by atoms with Crippen molar-refractivity contribution in [2.45, 2.75) is 53.0 Å². The molecular weight excluding hydrogens is 378 g/mol. The molecule has 0 spiro atoms. The number of benzene rings is 1. The zero-order valence-corrected chi connectivity index (χ0v) is 18.7. The van der Waals surface area contributed by atoms with Gasteiger partial charge in [0.25, 0.3) is 0 Å². The fraction of sp³-hybridized carbons (Fsp3) is 0.583. The number of nitrogens with zero attached hydrogens (tertiary/aromatic N) is 2. The summed E-state index contributed by atoms with van der Waals surface area (Å²) in [5.41, 5.74) is 3.49. The van der Waals surface area contributed by atoms with Gasteiger partial charge in [0, 0.05) is 44.1 Å². The number of rotatable bonds is 9. The van der Waals surface area contributed by atoms with Crippen LogP contribution in [0, 0.1) is 19.8 Å². The topological polar surface area (TPSA) is 67.6 Å². The molecule has 2 heterocycles. The van der Waals surface area contributed by atoms with Crippen LogP contribution in [0.25, 0.3) is 11.3 Å². The largest absolute Gasteiger partial charge is 0.441 e. The minimum Gasteiger partial charge on any atom is -0.441 e. The van der Waals surface area contributed by atoms with Gasteiger partial charge in [0.05, 0.1) is 19.4 Å². The second-order valence-electron chi connectivity index (χ2n) is 8.65. The highest BCUT2D eigenvalue weighted by molar-refractivity contribution is 5.76. The Morgan fingerprint density at radius 1 is 1.20 bits per heavy atom. The Labute approximate surface area is 180 Å². The summed E-state index contributed by atoms with van der Waals surface area (Å²) < 4.78 is 11.3. The third-order valence-electron chi connectivity index (χ3n) is 5.75. The number of aryl methyl sites for hydroxylation is 3. The quantitative estimate of drug-likeness (QED) is 0.678. The summed E-state index contributed by atoms with van der Waals surface area (Å²) in [4.78, 5) is 19.2. The number of hydrogen-bond donors (Lipinski definition) is 1. The molecule has 1 aliphatic heterocycles. The van der Waals surface area contributed by atoms with Crippen LogP contribution in [0.15, 0.2) is 28.8 Å². The molecule has 0 aliphatic carbocycles. The van der Waals surface area contributed by atoms with Crippen molar-refractivity contribution in [2.75, 3.05) is 32.8 Å². The van der Waals surface area contributed by atoms with E-state index in [2.05, 4.69) is 55.0 Å². The van der Waals surface area contributed by atoms with E-state index in [1.807, 2.05) is 6.07 Å². The maximum absolute atomic E-state index is 12.4. The lowest BCUT2D eigenvalue weighted by Gasteiger charge is -2.35. The van der Waals surface area contributed by atoms with E-state index in [4.69, 9.17) is 9.15 Å². The van der Waals surface area contributed by atoms with Crippen LogP contribution in [0.4, 0.5) is 0 Å². The Balaban J connectivity index is 1.49. The van der Waals surface area contributed by atoms with E-state index in [1.165, 1.54) is 11.1 Å². The number of ether oxygens (including phenoxy) is 1. The van der Waals surface area contributed by atoms with Gasteiger partial charge < -0.3 is 14.5 Å². The summed E-state index contributed by atoms with van der Waals surface area (Å²) in [6.45, 7) is 12.7. The molecule has 1 fully saturated rings. The van der Waals surface area contributed by atoms with Crippen molar-refractivity contribution in [1.82, 2.24) is 15.2 Å². The Morgan fingerprint density at radius 2 is 1.97 bits per heavy atom. The normalized spacial score (nSPS) is 16.0. The van der Waals surface area contributed by atoms with Gasteiger partial charge in [0.1, 0.15) is 0 Å². The highest BCUT2D eigenvalue weighted by Crippen LogP contribution is 2.23. The van der Waals surface area contributed by atoms with Crippen molar-refractivity contribution in [1.29, 1.82) is 0 Å². The van der Waals surface area contributed by atoms with Gasteiger partial charge in [-0.3, -0.25) is 9.69 Å². The first-order valence-corrected chi connectivity index (χ1v) is 11.0. The summed E-state index contributed by atoms with van der Waals surface area (Å²) in [7, 11) is 0. The predicted octanol–water partition coefficient (Wildman–Crippen LogP) is 3.75. The third-order valence-corrected chi connectivity index (χ3v) is 5.75. The van der Waals surface area contributed by atoms with Gasteiger partial charge in [-0.15, -0.1) is 0 Å². The maximum atomic E-state index is 12.4. The molecule has 164 valence electrons.